The van der Waals surface area contributed by atoms with E-state index in [9.17, 15) is 4.79 Å². The second-order valence-electron chi connectivity index (χ2n) is 2.75. The van der Waals surface area contributed by atoms with Crippen LogP contribution in [-0.2, 0) is 0 Å². The first-order valence-corrected chi connectivity index (χ1v) is 4.34. The van der Waals surface area contributed by atoms with Crippen molar-refractivity contribution in [2.75, 3.05) is 5.73 Å². The minimum atomic E-state index is -0.231. The minimum absolute atomic E-state index is 0.231. The van der Waals surface area contributed by atoms with Crippen LogP contribution in [0.2, 0.25) is 0 Å². The van der Waals surface area contributed by atoms with Crippen LogP contribution in [0.1, 0.15) is 13.8 Å². The van der Waals surface area contributed by atoms with Crippen molar-refractivity contribution in [3.8, 4) is 0 Å². The molecular formula is C10H13N3O. The van der Waals surface area contributed by atoms with Gasteiger partial charge in [-0.1, -0.05) is 18.2 Å². The van der Waals surface area contributed by atoms with Gasteiger partial charge in [0, 0.05) is 5.22 Å². The van der Waals surface area contributed by atoms with E-state index in [-0.39, 0.29) is 5.56 Å². The van der Waals surface area contributed by atoms with Gasteiger partial charge in [0.1, 0.15) is 0 Å². The van der Waals surface area contributed by atoms with Crippen LogP contribution in [0.15, 0.2) is 16.9 Å². The van der Waals surface area contributed by atoms with Crippen LogP contribution in [0.3, 0.4) is 0 Å². The zero-order valence-corrected chi connectivity index (χ0v) is 8.24. The molecule has 0 spiro atoms. The van der Waals surface area contributed by atoms with Crippen molar-refractivity contribution in [1.29, 1.82) is 0 Å². The maximum absolute atomic E-state index is 11.4. The maximum Gasteiger partial charge on any atom is 0.272 e. The third-order valence-corrected chi connectivity index (χ3v) is 1.83. The van der Waals surface area contributed by atoms with Gasteiger partial charge in [-0.2, -0.15) is 5.10 Å². The van der Waals surface area contributed by atoms with E-state index in [4.69, 9.17) is 5.73 Å². The van der Waals surface area contributed by atoms with Crippen molar-refractivity contribution in [2.24, 2.45) is 0 Å². The van der Waals surface area contributed by atoms with Crippen LogP contribution in [0.25, 0.3) is 12.2 Å². The lowest BCUT2D eigenvalue weighted by molar-refractivity contribution is 0.973. The SMILES string of the molecule is C\C=C/C=c1/c(=O)[nH]nc(N)/c1=C/C. The van der Waals surface area contributed by atoms with E-state index in [1.807, 2.05) is 19.9 Å². The number of hydrogen-bond donors (Lipinski definition) is 2. The summed E-state index contributed by atoms with van der Waals surface area (Å²) in [5.74, 6) is 0.336. The van der Waals surface area contributed by atoms with Gasteiger partial charge in [-0.25, -0.2) is 5.10 Å². The quantitative estimate of drug-likeness (QED) is 0.629. The summed E-state index contributed by atoms with van der Waals surface area (Å²) in [4.78, 5) is 11.4. The number of aromatic nitrogens is 2. The number of nitrogens with zero attached hydrogens (tertiary/aromatic N) is 1. The minimum Gasteiger partial charge on any atom is -0.382 e. The number of rotatable bonds is 1. The highest BCUT2D eigenvalue weighted by Gasteiger charge is 1.95. The largest absolute Gasteiger partial charge is 0.382 e. The Balaban J connectivity index is 3.73. The molecule has 4 heteroatoms. The van der Waals surface area contributed by atoms with Gasteiger partial charge in [0.25, 0.3) is 5.56 Å². The fourth-order valence-corrected chi connectivity index (χ4v) is 1.15. The van der Waals surface area contributed by atoms with Gasteiger partial charge in [0.2, 0.25) is 0 Å². The van der Waals surface area contributed by atoms with Crippen molar-refractivity contribution >= 4 is 18.0 Å². The first-order valence-electron chi connectivity index (χ1n) is 4.34. The molecule has 0 saturated heterocycles. The van der Waals surface area contributed by atoms with Crippen molar-refractivity contribution in [3.05, 3.63) is 32.9 Å². The van der Waals surface area contributed by atoms with Crippen LogP contribution in [0.4, 0.5) is 5.82 Å². The summed E-state index contributed by atoms with van der Waals surface area (Å²) in [6.07, 6.45) is 7.12. The second kappa shape index (κ2) is 4.41. The standard InChI is InChI=1S/C10H13N3O/c1-3-5-6-8-7(4-2)9(11)12-13-10(8)14/h3-6H,1-2H3,(H2,11,12)(H,13,14)/b5-3-,7-4+,8-6+. The molecule has 0 aliphatic heterocycles. The second-order valence-corrected chi connectivity index (χ2v) is 2.75. The molecule has 0 unspecified atom stereocenters. The Morgan fingerprint density at radius 2 is 2.07 bits per heavy atom. The molecule has 0 saturated carbocycles. The number of nitrogen functional groups attached to an aromatic ring is 1. The predicted octanol–water partition coefficient (Wildman–Crippen LogP) is -0.491. The average Bonchev–Trinajstić information content (AvgIpc) is 2.19. The van der Waals surface area contributed by atoms with Gasteiger partial charge in [-0.3, -0.25) is 4.79 Å². The number of nitrogens with one attached hydrogen (secondary N) is 1. The van der Waals surface area contributed by atoms with Gasteiger partial charge < -0.3 is 5.73 Å². The summed E-state index contributed by atoms with van der Waals surface area (Å²) < 4.78 is 0. The molecule has 0 fully saturated rings. The molecule has 0 amide bonds. The molecule has 3 N–H and O–H groups in total. The van der Waals surface area contributed by atoms with Gasteiger partial charge in [0.05, 0.1) is 5.22 Å². The Kier molecular flexibility index (Phi) is 3.23. The van der Waals surface area contributed by atoms with Crippen molar-refractivity contribution in [3.63, 3.8) is 0 Å². The molecule has 0 radical (unpaired) electrons. The Morgan fingerprint density at radius 3 is 2.64 bits per heavy atom. The monoisotopic (exact) mass is 191 g/mol. The normalized spacial score (nSPS) is 14.1. The molecule has 14 heavy (non-hydrogen) atoms. The van der Waals surface area contributed by atoms with E-state index in [2.05, 4.69) is 10.2 Å². The molecule has 0 aromatic carbocycles. The lowest BCUT2D eigenvalue weighted by Crippen LogP contribution is -2.43. The summed E-state index contributed by atoms with van der Waals surface area (Å²) in [6.45, 7) is 3.70. The highest BCUT2D eigenvalue weighted by molar-refractivity contribution is 5.43. The van der Waals surface area contributed by atoms with Crippen molar-refractivity contribution < 1.29 is 0 Å². The zero-order valence-electron chi connectivity index (χ0n) is 8.24. The molecule has 0 aliphatic rings. The Morgan fingerprint density at radius 1 is 1.36 bits per heavy atom. The van der Waals surface area contributed by atoms with Crippen LogP contribution >= 0.6 is 0 Å². The van der Waals surface area contributed by atoms with Crippen LogP contribution in [-0.4, -0.2) is 10.2 Å². The lowest BCUT2D eigenvalue weighted by Gasteiger charge is -1.92. The van der Waals surface area contributed by atoms with Crippen LogP contribution < -0.4 is 21.7 Å². The summed E-state index contributed by atoms with van der Waals surface area (Å²) in [7, 11) is 0. The summed E-state index contributed by atoms with van der Waals surface area (Å²) in [5, 5.41) is 7.23. The third kappa shape index (κ3) is 1.90. The van der Waals surface area contributed by atoms with Gasteiger partial charge >= 0.3 is 0 Å². The number of aromatic amines is 1. The smallest absolute Gasteiger partial charge is 0.272 e. The Labute approximate surface area is 81.5 Å². The summed E-state index contributed by atoms with van der Waals surface area (Å²) >= 11 is 0. The van der Waals surface area contributed by atoms with Crippen LogP contribution in [0, 0.1) is 0 Å². The predicted molar refractivity (Wildman–Crippen MR) is 57.9 cm³/mol. The van der Waals surface area contributed by atoms with Gasteiger partial charge in [-0.15, -0.1) is 0 Å². The average molecular weight is 191 g/mol. The van der Waals surface area contributed by atoms with Crippen molar-refractivity contribution in [1.82, 2.24) is 10.2 Å². The maximum atomic E-state index is 11.4. The number of hydrogen-bond acceptors (Lipinski definition) is 3. The molecule has 1 rings (SSSR count). The van der Waals surface area contributed by atoms with E-state index in [0.29, 0.717) is 16.3 Å². The topological polar surface area (TPSA) is 71.8 Å². The molecule has 1 aromatic heterocycles. The van der Waals surface area contributed by atoms with Crippen molar-refractivity contribution in [2.45, 2.75) is 13.8 Å². The van der Waals surface area contributed by atoms with E-state index in [1.54, 1.807) is 18.2 Å². The summed E-state index contributed by atoms with van der Waals surface area (Å²) in [5.41, 5.74) is 5.38. The number of nitrogens with two attached hydrogens (primary N) is 1. The highest BCUT2D eigenvalue weighted by atomic mass is 16.1. The highest BCUT2D eigenvalue weighted by Crippen LogP contribution is 1.75. The van der Waals surface area contributed by atoms with Crippen LogP contribution in [0.5, 0.6) is 0 Å². The molecule has 1 aromatic rings. The molecule has 0 bridgehead atoms. The summed E-state index contributed by atoms with van der Waals surface area (Å²) in [6, 6.07) is 0. The van der Waals surface area contributed by atoms with E-state index >= 15 is 0 Å². The number of anilines is 1. The fraction of sp³-hybridized carbons (Fsp3) is 0.200. The molecule has 74 valence electrons. The third-order valence-electron chi connectivity index (χ3n) is 1.83. The number of H-pyrrole nitrogens is 1. The van der Waals surface area contributed by atoms with E-state index < -0.39 is 0 Å². The van der Waals surface area contributed by atoms with Gasteiger partial charge in [0.15, 0.2) is 5.82 Å². The number of allylic oxidation sites excluding steroid dienone is 2. The Hall–Kier alpha value is -1.84. The Bertz CT molecular complexity index is 511. The van der Waals surface area contributed by atoms with E-state index in [0.717, 1.165) is 0 Å². The molecule has 0 aliphatic carbocycles. The first-order chi connectivity index (χ1) is 6.70. The lowest BCUT2D eigenvalue weighted by atomic mass is 10.2. The van der Waals surface area contributed by atoms with E-state index in [1.165, 1.54) is 0 Å². The first kappa shape index (κ1) is 10.2. The fourth-order valence-electron chi connectivity index (χ4n) is 1.15. The molecular weight excluding hydrogens is 178 g/mol. The molecule has 1 heterocycles. The molecule has 4 nitrogen and oxygen atoms in total. The van der Waals surface area contributed by atoms with Gasteiger partial charge in [-0.05, 0) is 19.9 Å². The molecule has 0 atom stereocenters. The zero-order chi connectivity index (χ0) is 10.6.